The van der Waals surface area contributed by atoms with Gasteiger partial charge in [0.25, 0.3) is 0 Å². The molecular weight excluding hydrogens is 292 g/mol. The van der Waals surface area contributed by atoms with Crippen molar-refractivity contribution in [1.82, 2.24) is 9.97 Å². The summed E-state index contributed by atoms with van der Waals surface area (Å²) < 4.78 is 5.07. The van der Waals surface area contributed by atoms with Crippen molar-refractivity contribution in [1.29, 1.82) is 0 Å². The number of rotatable bonds is 8. The zero-order valence-corrected chi connectivity index (χ0v) is 13.5. The van der Waals surface area contributed by atoms with Crippen LogP contribution in [-0.2, 0) is 4.74 Å². The fraction of sp³-hybridized carbons (Fsp3) is 0.353. The minimum absolute atomic E-state index is 0.339. The van der Waals surface area contributed by atoms with Crippen LogP contribution in [0.15, 0.2) is 36.5 Å². The summed E-state index contributed by atoms with van der Waals surface area (Å²) >= 11 is 0. The Morgan fingerprint density at radius 3 is 2.83 bits per heavy atom. The molecule has 122 valence electrons. The van der Waals surface area contributed by atoms with Gasteiger partial charge in [-0.1, -0.05) is 25.5 Å². The van der Waals surface area contributed by atoms with Crippen molar-refractivity contribution >= 4 is 23.4 Å². The van der Waals surface area contributed by atoms with Gasteiger partial charge in [-0.05, 0) is 31.5 Å². The Bertz CT molecular complexity index is 646. The smallest absolute Gasteiger partial charge is 0.340 e. The van der Waals surface area contributed by atoms with E-state index < -0.39 is 0 Å². The van der Waals surface area contributed by atoms with Gasteiger partial charge in [0.1, 0.15) is 5.82 Å². The second-order valence-corrected chi connectivity index (χ2v) is 4.94. The van der Waals surface area contributed by atoms with Gasteiger partial charge in [0.2, 0.25) is 5.95 Å². The summed E-state index contributed by atoms with van der Waals surface area (Å²) in [6.07, 6.45) is 3.85. The number of carbonyl (C=O) groups is 1. The van der Waals surface area contributed by atoms with Gasteiger partial charge in [-0.25, -0.2) is 9.78 Å². The summed E-state index contributed by atoms with van der Waals surface area (Å²) in [5.74, 6) is 0.832. The molecule has 6 nitrogen and oxygen atoms in total. The third-order valence-electron chi connectivity index (χ3n) is 3.15. The van der Waals surface area contributed by atoms with Crippen molar-refractivity contribution in [2.24, 2.45) is 0 Å². The SMILES string of the molecule is CCCCNc1nccc(Nc2ccccc2C(=O)OCC)n1. The highest BCUT2D eigenvalue weighted by Crippen LogP contribution is 2.20. The molecule has 0 aliphatic carbocycles. The Morgan fingerprint density at radius 1 is 1.22 bits per heavy atom. The maximum atomic E-state index is 12.0. The molecule has 0 fully saturated rings. The van der Waals surface area contributed by atoms with Gasteiger partial charge in [0.05, 0.1) is 17.9 Å². The van der Waals surface area contributed by atoms with E-state index in [-0.39, 0.29) is 5.97 Å². The second kappa shape index (κ2) is 8.73. The summed E-state index contributed by atoms with van der Waals surface area (Å²) in [7, 11) is 0. The lowest BCUT2D eigenvalue weighted by Crippen LogP contribution is -2.09. The molecule has 0 bridgehead atoms. The molecule has 1 heterocycles. The highest BCUT2D eigenvalue weighted by molar-refractivity contribution is 5.96. The van der Waals surface area contributed by atoms with E-state index >= 15 is 0 Å². The van der Waals surface area contributed by atoms with Crippen LogP contribution in [0.5, 0.6) is 0 Å². The fourth-order valence-electron chi connectivity index (χ4n) is 2.01. The fourth-order valence-corrected chi connectivity index (χ4v) is 2.01. The topological polar surface area (TPSA) is 76.1 Å². The summed E-state index contributed by atoms with van der Waals surface area (Å²) in [5, 5.41) is 6.33. The Hall–Kier alpha value is -2.63. The lowest BCUT2D eigenvalue weighted by molar-refractivity contribution is 0.0527. The van der Waals surface area contributed by atoms with Gasteiger partial charge in [-0.15, -0.1) is 0 Å². The molecule has 2 rings (SSSR count). The van der Waals surface area contributed by atoms with Crippen molar-refractivity contribution in [3.05, 3.63) is 42.1 Å². The van der Waals surface area contributed by atoms with Crippen LogP contribution < -0.4 is 10.6 Å². The van der Waals surface area contributed by atoms with Crippen LogP contribution in [0.25, 0.3) is 0 Å². The van der Waals surface area contributed by atoms with Crippen molar-refractivity contribution in [2.45, 2.75) is 26.7 Å². The average Bonchev–Trinajstić information content (AvgIpc) is 2.56. The Kier molecular flexibility index (Phi) is 6.35. The normalized spacial score (nSPS) is 10.2. The first-order valence-electron chi connectivity index (χ1n) is 7.84. The minimum atomic E-state index is -0.356. The van der Waals surface area contributed by atoms with E-state index in [1.165, 1.54) is 0 Å². The molecule has 0 atom stereocenters. The number of hydrogen-bond donors (Lipinski definition) is 2. The van der Waals surface area contributed by atoms with Gasteiger partial charge in [0, 0.05) is 12.7 Å². The number of ether oxygens (including phenoxy) is 1. The number of esters is 1. The quantitative estimate of drug-likeness (QED) is 0.572. The second-order valence-electron chi connectivity index (χ2n) is 4.94. The van der Waals surface area contributed by atoms with Crippen LogP contribution in [0.2, 0.25) is 0 Å². The van der Waals surface area contributed by atoms with Crippen LogP contribution in [0.4, 0.5) is 17.5 Å². The van der Waals surface area contributed by atoms with Crippen molar-refractivity contribution < 1.29 is 9.53 Å². The van der Waals surface area contributed by atoms with Gasteiger partial charge in [-0.2, -0.15) is 4.98 Å². The molecule has 0 radical (unpaired) electrons. The van der Waals surface area contributed by atoms with E-state index in [9.17, 15) is 4.79 Å². The largest absolute Gasteiger partial charge is 0.462 e. The third-order valence-corrected chi connectivity index (χ3v) is 3.15. The summed E-state index contributed by atoms with van der Waals surface area (Å²) in [6, 6.07) is 8.95. The van der Waals surface area contributed by atoms with E-state index in [4.69, 9.17) is 4.74 Å². The maximum Gasteiger partial charge on any atom is 0.340 e. The molecule has 0 aliphatic heterocycles. The monoisotopic (exact) mass is 314 g/mol. The molecule has 23 heavy (non-hydrogen) atoms. The van der Waals surface area contributed by atoms with Crippen LogP contribution >= 0.6 is 0 Å². The van der Waals surface area contributed by atoms with Gasteiger partial charge >= 0.3 is 5.97 Å². The van der Waals surface area contributed by atoms with E-state index in [1.54, 1.807) is 31.3 Å². The number of unbranched alkanes of at least 4 members (excludes halogenated alkanes) is 1. The number of para-hydroxylation sites is 1. The van der Waals surface area contributed by atoms with Gasteiger partial charge in [-0.3, -0.25) is 0 Å². The first-order chi connectivity index (χ1) is 11.2. The number of anilines is 3. The standard InChI is InChI=1S/C17H22N4O2/c1-3-5-11-18-17-19-12-10-15(21-17)20-14-9-7-6-8-13(14)16(22)23-4-2/h6-10,12H,3-5,11H2,1-2H3,(H2,18,19,20,21). The molecular formula is C17H22N4O2. The first-order valence-corrected chi connectivity index (χ1v) is 7.84. The lowest BCUT2D eigenvalue weighted by atomic mass is 10.2. The molecule has 6 heteroatoms. The number of nitrogens with one attached hydrogen (secondary N) is 2. The number of hydrogen-bond acceptors (Lipinski definition) is 6. The predicted molar refractivity (Wildman–Crippen MR) is 91.1 cm³/mol. The van der Waals surface area contributed by atoms with Crippen LogP contribution in [-0.4, -0.2) is 29.1 Å². The molecule has 0 amide bonds. The lowest BCUT2D eigenvalue weighted by Gasteiger charge is -2.11. The van der Waals surface area contributed by atoms with Crippen LogP contribution in [0.1, 0.15) is 37.0 Å². The van der Waals surface area contributed by atoms with Crippen molar-refractivity contribution in [3.8, 4) is 0 Å². The van der Waals surface area contributed by atoms with Crippen molar-refractivity contribution in [2.75, 3.05) is 23.8 Å². The molecule has 0 saturated heterocycles. The highest BCUT2D eigenvalue weighted by Gasteiger charge is 2.12. The predicted octanol–water partition coefficient (Wildman–Crippen LogP) is 3.61. The average molecular weight is 314 g/mol. The summed E-state index contributed by atoms with van der Waals surface area (Å²) in [4.78, 5) is 20.6. The molecule has 2 N–H and O–H groups in total. The number of benzene rings is 1. The number of carbonyl (C=O) groups excluding carboxylic acids is 1. The van der Waals surface area contributed by atoms with E-state index in [0.717, 1.165) is 19.4 Å². The molecule has 1 aromatic carbocycles. The molecule has 2 aromatic rings. The molecule has 0 unspecified atom stereocenters. The van der Waals surface area contributed by atoms with Crippen LogP contribution in [0.3, 0.4) is 0 Å². The Morgan fingerprint density at radius 2 is 2.04 bits per heavy atom. The summed E-state index contributed by atoms with van der Waals surface area (Å²) in [5.41, 5.74) is 1.14. The van der Waals surface area contributed by atoms with E-state index in [0.29, 0.717) is 29.6 Å². The minimum Gasteiger partial charge on any atom is -0.462 e. The first kappa shape index (κ1) is 16.7. The third kappa shape index (κ3) is 4.95. The Labute approximate surface area is 136 Å². The van der Waals surface area contributed by atoms with Crippen LogP contribution in [0, 0.1) is 0 Å². The zero-order valence-electron chi connectivity index (χ0n) is 13.5. The Balaban J connectivity index is 2.13. The van der Waals surface area contributed by atoms with E-state index in [2.05, 4.69) is 27.5 Å². The molecule has 0 spiro atoms. The number of nitrogens with zero attached hydrogens (tertiary/aromatic N) is 2. The molecule has 1 aromatic heterocycles. The van der Waals surface area contributed by atoms with E-state index in [1.807, 2.05) is 12.1 Å². The maximum absolute atomic E-state index is 12.0. The van der Waals surface area contributed by atoms with Gasteiger partial charge < -0.3 is 15.4 Å². The summed E-state index contributed by atoms with van der Waals surface area (Å²) in [6.45, 7) is 5.09. The van der Waals surface area contributed by atoms with Gasteiger partial charge in [0.15, 0.2) is 0 Å². The highest BCUT2D eigenvalue weighted by atomic mass is 16.5. The molecule has 0 aliphatic rings. The van der Waals surface area contributed by atoms with Crippen molar-refractivity contribution in [3.63, 3.8) is 0 Å². The molecule has 0 saturated carbocycles. The zero-order chi connectivity index (χ0) is 16.5. The number of aromatic nitrogens is 2.